The summed E-state index contributed by atoms with van der Waals surface area (Å²) in [4.78, 5) is 6.47. The highest BCUT2D eigenvalue weighted by Gasteiger charge is 2.02. The van der Waals surface area contributed by atoms with Crippen LogP contribution in [0, 0.1) is 0 Å². The first kappa shape index (κ1) is 9.54. The van der Waals surface area contributed by atoms with Crippen LogP contribution in [0.5, 0.6) is 0 Å². The van der Waals surface area contributed by atoms with E-state index in [4.69, 9.17) is 0 Å². The van der Waals surface area contributed by atoms with Gasteiger partial charge in [0.15, 0.2) is 0 Å². The third-order valence-electron chi connectivity index (χ3n) is 3.44. The van der Waals surface area contributed by atoms with Crippen molar-refractivity contribution < 1.29 is 0 Å². The molecule has 2 nitrogen and oxygen atoms in total. The molecule has 2 heterocycles. The van der Waals surface area contributed by atoms with Crippen LogP contribution in [0.25, 0.3) is 32.9 Å². The van der Waals surface area contributed by atoms with Gasteiger partial charge >= 0.3 is 0 Å². The Balaban J connectivity index is 1.93. The van der Waals surface area contributed by atoms with Crippen molar-refractivity contribution in [3.63, 3.8) is 0 Å². The van der Waals surface area contributed by atoms with Crippen LogP contribution in [-0.2, 0) is 0 Å². The van der Waals surface area contributed by atoms with Gasteiger partial charge in [-0.2, -0.15) is 0 Å². The van der Waals surface area contributed by atoms with E-state index in [2.05, 4.69) is 58.5 Å². The lowest BCUT2D eigenvalue weighted by molar-refractivity contribution is 1.47. The molecule has 0 aliphatic heterocycles. The van der Waals surface area contributed by atoms with Crippen molar-refractivity contribution in [1.29, 1.82) is 0 Å². The molecule has 4 aromatic rings. The molecule has 0 atom stereocenters. The Hall–Kier alpha value is -2.48. The molecule has 0 fully saturated rings. The van der Waals surface area contributed by atoms with Crippen LogP contribution in [-0.4, -0.2) is 9.97 Å². The standard InChI is InChI=1S/C16H12N2/c1-2-13(10-16-11(1)5-7-18-16)12-3-4-15-14(9-12)6-8-17-15/h1-10,17-18H. The number of aromatic nitrogens is 2. The second-order valence-electron chi connectivity index (χ2n) is 4.56. The molecule has 0 spiro atoms. The lowest BCUT2D eigenvalue weighted by atomic mass is 10.0. The fraction of sp³-hybridized carbons (Fsp3) is 0. The summed E-state index contributed by atoms with van der Waals surface area (Å²) in [6.45, 7) is 0. The topological polar surface area (TPSA) is 31.6 Å². The van der Waals surface area contributed by atoms with Crippen LogP contribution < -0.4 is 0 Å². The molecule has 86 valence electrons. The van der Waals surface area contributed by atoms with Gasteiger partial charge in [0.2, 0.25) is 0 Å². The average Bonchev–Trinajstić information content (AvgIpc) is 3.05. The van der Waals surface area contributed by atoms with Crippen LogP contribution in [0.4, 0.5) is 0 Å². The molecule has 0 unspecified atom stereocenters. The lowest BCUT2D eigenvalue weighted by Gasteiger charge is -2.02. The van der Waals surface area contributed by atoms with Crippen LogP contribution in [0.2, 0.25) is 0 Å². The highest BCUT2D eigenvalue weighted by Crippen LogP contribution is 2.26. The normalized spacial score (nSPS) is 11.3. The van der Waals surface area contributed by atoms with E-state index < -0.39 is 0 Å². The number of aromatic amines is 2. The molecule has 0 bridgehead atoms. The number of benzene rings is 2. The first-order chi connectivity index (χ1) is 8.90. The van der Waals surface area contributed by atoms with E-state index in [-0.39, 0.29) is 0 Å². The molecule has 4 rings (SSSR count). The molecule has 2 aromatic carbocycles. The molecule has 0 amide bonds. The SMILES string of the molecule is c1cc2cc(-c3ccc4cc[nH]c4c3)ccc2[nH]1. The second-order valence-corrected chi connectivity index (χ2v) is 4.56. The van der Waals surface area contributed by atoms with E-state index in [1.54, 1.807) is 0 Å². The number of hydrogen-bond donors (Lipinski definition) is 2. The molecule has 2 aromatic heterocycles. The first-order valence-electron chi connectivity index (χ1n) is 6.05. The molecular formula is C16H12N2. The Kier molecular flexibility index (Phi) is 1.86. The molecule has 0 saturated heterocycles. The largest absolute Gasteiger partial charge is 0.361 e. The lowest BCUT2D eigenvalue weighted by Crippen LogP contribution is -1.78. The fourth-order valence-electron chi connectivity index (χ4n) is 2.46. The van der Waals surface area contributed by atoms with Crippen LogP contribution >= 0.6 is 0 Å². The van der Waals surface area contributed by atoms with E-state index in [0.29, 0.717) is 0 Å². The molecule has 2 heteroatoms. The van der Waals surface area contributed by atoms with Crippen molar-refractivity contribution in [2.24, 2.45) is 0 Å². The summed E-state index contributed by atoms with van der Waals surface area (Å²) in [6.07, 6.45) is 3.95. The molecular weight excluding hydrogens is 220 g/mol. The van der Waals surface area contributed by atoms with Gasteiger partial charge in [-0.05, 0) is 52.2 Å². The number of H-pyrrole nitrogens is 2. The minimum absolute atomic E-state index is 1.18. The summed E-state index contributed by atoms with van der Waals surface area (Å²) in [5.74, 6) is 0. The van der Waals surface area contributed by atoms with Crippen molar-refractivity contribution in [1.82, 2.24) is 9.97 Å². The quantitative estimate of drug-likeness (QED) is 0.490. The molecule has 0 radical (unpaired) electrons. The Morgan fingerprint density at radius 3 is 2.22 bits per heavy atom. The van der Waals surface area contributed by atoms with Gasteiger partial charge in [-0.3, -0.25) is 0 Å². The summed E-state index contributed by atoms with van der Waals surface area (Å²) in [5.41, 5.74) is 4.85. The van der Waals surface area contributed by atoms with Crippen LogP contribution in [0.15, 0.2) is 60.9 Å². The Labute approximate surface area is 104 Å². The van der Waals surface area contributed by atoms with Crippen molar-refractivity contribution >= 4 is 21.8 Å². The fourth-order valence-corrected chi connectivity index (χ4v) is 2.46. The maximum absolute atomic E-state index is 3.26. The minimum atomic E-state index is 1.18. The first-order valence-corrected chi connectivity index (χ1v) is 6.05. The zero-order chi connectivity index (χ0) is 11.9. The highest BCUT2D eigenvalue weighted by atomic mass is 14.7. The summed E-state index contributed by atoms with van der Waals surface area (Å²) in [6, 6.07) is 17.2. The summed E-state index contributed by atoms with van der Waals surface area (Å²) < 4.78 is 0. The molecule has 18 heavy (non-hydrogen) atoms. The number of fused-ring (bicyclic) bond motifs is 2. The van der Waals surface area contributed by atoms with Gasteiger partial charge in [0.25, 0.3) is 0 Å². The van der Waals surface area contributed by atoms with Crippen molar-refractivity contribution in [2.45, 2.75) is 0 Å². The summed E-state index contributed by atoms with van der Waals surface area (Å²) in [5, 5.41) is 2.50. The van der Waals surface area contributed by atoms with Crippen molar-refractivity contribution in [2.75, 3.05) is 0 Å². The average molecular weight is 232 g/mol. The Morgan fingerprint density at radius 1 is 0.556 bits per heavy atom. The third-order valence-corrected chi connectivity index (χ3v) is 3.44. The predicted molar refractivity (Wildman–Crippen MR) is 75.6 cm³/mol. The van der Waals surface area contributed by atoms with Crippen LogP contribution in [0.3, 0.4) is 0 Å². The maximum atomic E-state index is 3.26. The Morgan fingerprint density at radius 2 is 1.28 bits per heavy atom. The molecule has 0 aliphatic carbocycles. The molecule has 2 N–H and O–H groups in total. The summed E-state index contributed by atoms with van der Waals surface area (Å²) in [7, 11) is 0. The number of nitrogens with one attached hydrogen (secondary N) is 2. The zero-order valence-corrected chi connectivity index (χ0v) is 9.77. The van der Waals surface area contributed by atoms with Gasteiger partial charge in [0, 0.05) is 23.4 Å². The van der Waals surface area contributed by atoms with E-state index in [9.17, 15) is 0 Å². The molecule has 0 saturated carbocycles. The van der Waals surface area contributed by atoms with Crippen molar-refractivity contribution in [3.05, 3.63) is 60.9 Å². The Bertz CT molecular complexity index is 764. The van der Waals surface area contributed by atoms with E-state index in [1.807, 2.05) is 12.4 Å². The van der Waals surface area contributed by atoms with E-state index in [1.165, 1.54) is 32.9 Å². The van der Waals surface area contributed by atoms with Gasteiger partial charge in [-0.15, -0.1) is 0 Å². The van der Waals surface area contributed by atoms with Gasteiger partial charge in [0.05, 0.1) is 0 Å². The third kappa shape index (κ3) is 1.36. The highest BCUT2D eigenvalue weighted by molar-refractivity contribution is 5.88. The van der Waals surface area contributed by atoms with Gasteiger partial charge in [0.1, 0.15) is 0 Å². The van der Waals surface area contributed by atoms with Crippen molar-refractivity contribution in [3.8, 4) is 11.1 Å². The van der Waals surface area contributed by atoms with Gasteiger partial charge in [-0.1, -0.05) is 18.2 Å². The summed E-state index contributed by atoms with van der Waals surface area (Å²) >= 11 is 0. The van der Waals surface area contributed by atoms with E-state index in [0.717, 1.165) is 0 Å². The zero-order valence-electron chi connectivity index (χ0n) is 9.77. The van der Waals surface area contributed by atoms with E-state index >= 15 is 0 Å². The maximum Gasteiger partial charge on any atom is 0.0460 e. The predicted octanol–water partition coefficient (Wildman–Crippen LogP) is 4.32. The van der Waals surface area contributed by atoms with Gasteiger partial charge < -0.3 is 9.97 Å². The number of rotatable bonds is 1. The second kappa shape index (κ2) is 3.50. The van der Waals surface area contributed by atoms with Crippen LogP contribution in [0.1, 0.15) is 0 Å². The monoisotopic (exact) mass is 232 g/mol. The van der Waals surface area contributed by atoms with Gasteiger partial charge in [-0.25, -0.2) is 0 Å². The smallest absolute Gasteiger partial charge is 0.0460 e. The number of hydrogen-bond acceptors (Lipinski definition) is 0. The molecule has 0 aliphatic rings. The minimum Gasteiger partial charge on any atom is -0.361 e.